The SMILES string of the molecule is C=CCSCCNC(=O)C1CCCN1S(=O)(=O)c1ccc(C(=O)O)o1. The molecule has 2 N–H and O–H groups in total. The molecular weight excluding hydrogens is 368 g/mol. The minimum atomic E-state index is -4.06. The molecule has 138 valence electrons. The van der Waals surface area contributed by atoms with Crippen molar-refractivity contribution in [2.24, 2.45) is 0 Å². The van der Waals surface area contributed by atoms with E-state index in [2.05, 4.69) is 11.9 Å². The van der Waals surface area contributed by atoms with Crippen LogP contribution in [0, 0.1) is 0 Å². The topological polar surface area (TPSA) is 117 Å². The van der Waals surface area contributed by atoms with Crippen molar-refractivity contribution in [1.29, 1.82) is 0 Å². The number of amides is 1. The van der Waals surface area contributed by atoms with Gasteiger partial charge in [0.25, 0.3) is 10.0 Å². The molecule has 0 aromatic carbocycles. The van der Waals surface area contributed by atoms with Gasteiger partial charge in [0.05, 0.1) is 0 Å². The summed E-state index contributed by atoms with van der Waals surface area (Å²) >= 11 is 1.61. The van der Waals surface area contributed by atoms with Crippen molar-refractivity contribution in [3.05, 3.63) is 30.5 Å². The first-order valence-electron chi connectivity index (χ1n) is 7.69. The predicted octanol–water partition coefficient (Wildman–Crippen LogP) is 1.17. The van der Waals surface area contributed by atoms with Crippen LogP contribution in [0.2, 0.25) is 0 Å². The summed E-state index contributed by atoms with van der Waals surface area (Å²) in [5, 5.41) is 11.1. The Hall–Kier alpha value is -1.78. The van der Waals surface area contributed by atoms with Gasteiger partial charge in [-0.2, -0.15) is 16.1 Å². The summed E-state index contributed by atoms with van der Waals surface area (Å²) in [5.74, 6) is -0.681. The van der Waals surface area contributed by atoms with E-state index in [0.29, 0.717) is 25.1 Å². The Morgan fingerprint density at radius 2 is 2.24 bits per heavy atom. The highest BCUT2D eigenvalue weighted by Crippen LogP contribution is 2.27. The highest BCUT2D eigenvalue weighted by molar-refractivity contribution is 7.99. The van der Waals surface area contributed by atoms with Gasteiger partial charge < -0.3 is 14.8 Å². The first-order valence-corrected chi connectivity index (χ1v) is 10.3. The molecular formula is C15H20N2O6S2. The van der Waals surface area contributed by atoms with Gasteiger partial charge in [0.1, 0.15) is 6.04 Å². The molecule has 10 heteroatoms. The molecule has 0 bridgehead atoms. The second-order valence-corrected chi connectivity index (χ2v) is 8.32. The zero-order chi connectivity index (χ0) is 18.4. The highest BCUT2D eigenvalue weighted by Gasteiger charge is 2.41. The molecule has 1 aliphatic heterocycles. The summed E-state index contributed by atoms with van der Waals surface area (Å²) in [4.78, 5) is 23.2. The van der Waals surface area contributed by atoms with Crippen LogP contribution in [0.25, 0.3) is 0 Å². The molecule has 0 spiro atoms. The van der Waals surface area contributed by atoms with Gasteiger partial charge in [-0.05, 0) is 25.0 Å². The summed E-state index contributed by atoms with van der Waals surface area (Å²) in [6.07, 6.45) is 2.74. The summed E-state index contributed by atoms with van der Waals surface area (Å²) in [7, 11) is -4.06. The van der Waals surface area contributed by atoms with E-state index in [-0.39, 0.29) is 12.5 Å². The molecule has 1 unspecified atom stereocenters. The average molecular weight is 388 g/mol. The van der Waals surface area contributed by atoms with E-state index >= 15 is 0 Å². The molecule has 8 nitrogen and oxygen atoms in total. The standard InChI is InChI=1S/C15H20N2O6S2/c1-2-9-24-10-7-16-14(18)11-4-3-8-17(11)25(21,22)13-6-5-12(23-13)15(19)20/h2,5-6,11H,1,3-4,7-10H2,(H,16,18)(H,19,20). The van der Waals surface area contributed by atoms with Crippen LogP contribution in [0.4, 0.5) is 0 Å². The van der Waals surface area contributed by atoms with Crippen molar-refractivity contribution >= 4 is 33.7 Å². The van der Waals surface area contributed by atoms with Crippen LogP contribution in [0.5, 0.6) is 0 Å². The van der Waals surface area contributed by atoms with E-state index < -0.39 is 32.9 Å². The third kappa shape index (κ3) is 4.65. The summed E-state index contributed by atoms with van der Waals surface area (Å²) in [5.41, 5.74) is 0. The number of carbonyl (C=O) groups excluding carboxylic acids is 1. The van der Waals surface area contributed by atoms with Crippen molar-refractivity contribution in [3.63, 3.8) is 0 Å². The van der Waals surface area contributed by atoms with Crippen molar-refractivity contribution in [2.45, 2.75) is 24.0 Å². The van der Waals surface area contributed by atoms with Gasteiger partial charge in [-0.25, -0.2) is 13.2 Å². The molecule has 1 aliphatic rings. The van der Waals surface area contributed by atoms with Gasteiger partial charge in [0.15, 0.2) is 0 Å². The zero-order valence-electron chi connectivity index (χ0n) is 13.5. The zero-order valence-corrected chi connectivity index (χ0v) is 15.1. The maximum atomic E-state index is 12.6. The minimum Gasteiger partial charge on any atom is -0.475 e. The number of furan rings is 1. The maximum absolute atomic E-state index is 12.6. The smallest absolute Gasteiger partial charge is 0.371 e. The van der Waals surface area contributed by atoms with Gasteiger partial charge in [0.2, 0.25) is 16.8 Å². The van der Waals surface area contributed by atoms with E-state index in [0.717, 1.165) is 22.2 Å². The number of aromatic carboxylic acids is 1. The van der Waals surface area contributed by atoms with E-state index in [1.165, 1.54) is 0 Å². The van der Waals surface area contributed by atoms with Gasteiger partial charge in [-0.3, -0.25) is 4.79 Å². The minimum absolute atomic E-state index is 0.189. The lowest BCUT2D eigenvalue weighted by Crippen LogP contribution is -2.46. The molecule has 1 saturated heterocycles. The fourth-order valence-electron chi connectivity index (χ4n) is 2.51. The van der Waals surface area contributed by atoms with Crippen LogP contribution in [-0.4, -0.2) is 60.3 Å². The summed E-state index contributed by atoms with van der Waals surface area (Å²) in [6.45, 7) is 4.23. The number of nitrogens with zero attached hydrogens (tertiary/aromatic N) is 1. The molecule has 2 rings (SSSR count). The number of carboxylic acids is 1. The van der Waals surface area contributed by atoms with Crippen LogP contribution in [0.15, 0.2) is 34.3 Å². The second kappa shape index (κ2) is 8.54. The Labute approximate surface area is 150 Å². The molecule has 1 aromatic heterocycles. The Bertz CT molecular complexity index is 743. The Morgan fingerprint density at radius 1 is 1.48 bits per heavy atom. The number of nitrogens with one attached hydrogen (secondary N) is 1. The van der Waals surface area contributed by atoms with Crippen LogP contribution in [0.1, 0.15) is 23.4 Å². The molecule has 2 heterocycles. The number of carbonyl (C=O) groups is 2. The number of hydrogen-bond acceptors (Lipinski definition) is 6. The number of carboxylic acid groups (broad SMARTS) is 1. The molecule has 1 amide bonds. The normalized spacial score (nSPS) is 18.2. The molecule has 1 fully saturated rings. The summed E-state index contributed by atoms with van der Waals surface area (Å²) in [6, 6.07) is 1.36. The monoisotopic (exact) mass is 388 g/mol. The highest BCUT2D eigenvalue weighted by atomic mass is 32.2. The number of rotatable bonds is 9. The lowest BCUT2D eigenvalue weighted by Gasteiger charge is -2.22. The Kier molecular flexibility index (Phi) is 6.68. The third-order valence-electron chi connectivity index (χ3n) is 3.64. The van der Waals surface area contributed by atoms with Crippen LogP contribution in [0.3, 0.4) is 0 Å². The van der Waals surface area contributed by atoms with Crippen LogP contribution >= 0.6 is 11.8 Å². The molecule has 25 heavy (non-hydrogen) atoms. The number of hydrogen-bond donors (Lipinski definition) is 2. The molecule has 0 saturated carbocycles. The van der Waals surface area contributed by atoms with Crippen molar-refractivity contribution in [2.75, 3.05) is 24.6 Å². The molecule has 0 aliphatic carbocycles. The largest absolute Gasteiger partial charge is 0.475 e. The first-order chi connectivity index (χ1) is 11.9. The summed E-state index contributed by atoms with van der Waals surface area (Å²) < 4.78 is 31.3. The maximum Gasteiger partial charge on any atom is 0.371 e. The van der Waals surface area contributed by atoms with Crippen LogP contribution < -0.4 is 5.32 Å². The lowest BCUT2D eigenvalue weighted by atomic mass is 10.2. The van der Waals surface area contributed by atoms with Gasteiger partial charge in [0, 0.05) is 24.6 Å². The predicted molar refractivity (Wildman–Crippen MR) is 93.1 cm³/mol. The third-order valence-corrected chi connectivity index (χ3v) is 6.39. The van der Waals surface area contributed by atoms with Crippen molar-refractivity contribution < 1.29 is 27.5 Å². The quantitative estimate of drug-likeness (QED) is 0.482. The number of thioether (sulfide) groups is 1. The van der Waals surface area contributed by atoms with Gasteiger partial charge in [-0.15, -0.1) is 6.58 Å². The fraction of sp³-hybridized carbons (Fsp3) is 0.467. The van der Waals surface area contributed by atoms with E-state index in [9.17, 15) is 18.0 Å². The average Bonchev–Trinajstić information content (AvgIpc) is 3.24. The molecule has 1 atom stereocenters. The van der Waals surface area contributed by atoms with Gasteiger partial charge >= 0.3 is 5.97 Å². The lowest BCUT2D eigenvalue weighted by molar-refractivity contribution is -0.124. The van der Waals surface area contributed by atoms with E-state index in [1.54, 1.807) is 17.8 Å². The second-order valence-electron chi connectivity index (χ2n) is 5.35. The molecule has 1 aromatic rings. The van der Waals surface area contributed by atoms with E-state index in [1.807, 2.05) is 0 Å². The Balaban J connectivity index is 2.04. The van der Waals surface area contributed by atoms with Crippen LogP contribution in [-0.2, 0) is 14.8 Å². The number of sulfonamides is 1. The van der Waals surface area contributed by atoms with E-state index in [4.69, 9.17) is 9.52 Å². The van der Waals surface area contributed by atoms with Crippen molar-refractivity contribution in [3.8, 4) is 0 Å². The Morgan fingerprint density at radius 3 is 2.88 bits per heavy atom. The fourth-order valence-corrected chi connectivity index (χ4v) is 4.66. The first kappa shape index (κ1) is 19.5. The van der Waals surface area contributed by atoms with Gasteiger partial charge in [-0.1, -0.05) is 6.08 Å². The molecule has 0 radical (unpaired) electrons. The van der Waals surface area contributed by atoms with Crippen molar-refractivity contribution in [1.82, 2.24) is 9.62 Å².